The maximum Gasteiger partial charge on any atom is 0.134 e. The summed E-state index contributed by atoms with van der Waals surface area (Å²) in [5.74, 6) is 0.399. The van der Waals surface area contributed by atoms with Crippen molar-refractivity contribution < 1.29 is 9.13 Å². The number of hydrogen-bond acceptors (Lipinski definition) is 2. The summed E-state index contributed by atoms with van der Waals surface area (Å²) >= 11 is 13.8. The molecule has 1 aromatic heterocycles. The molecule has 0 fully saturated rings. The van der Waals surface area contributed by atoms with Gasteiger partial charge in [-0.2, -0.15) is 0 Å². The van der Waals surface area contributed by atoms with Gasteiger partial charge in [0, 0.05) is 10.6 Å². The largest absolute Gasteiger partial charge is 0.496 e. The predicted octanol–water partition coefficient (Wildman–Crippen LogP) is 5.07. The van der Waals surface area contributed by atoms with E-state index >= 15 is 0 Å². The SMILES string of the molecule is COc1ccsc1C(Cl)Cc1c(F)cccc1Cl. The van der Waals surface area contributed by atoms with E-state index in [1.165, 1.54) is 17.4 Å². The van der Waals surface area contributed by atoms with Gasteiger partial charge in [-0.05, 0) is 30.0 Å². The van der Waals surface area contributed by atoms with Crippen LogP contribution in [0.25, 0.3) is 0 Å². The van der Waals surface area contributed by atoms with E-state index in [0.717, 1.165) is 10.6 Å². The van der Waals surface area contributed by atoms with Crippen molar-refractivity contribution in [3.63, 3.8) is 0 Å². The fourth-order valence-corrected chi connectivity index (χ4v) is 3.20. The van der Waals surface area contributed by atoms with Gasteiger partial charge in [0.05, 0.1) is 17.4 Å². The zero-order valence-electron chi connectivity index (χ0n) is 9.62. The van der Waals surface area contributed by atoms with Crippen LogP contribution >= 0.6 is 34.5 Å². The van der Waals surface area contributed by atoms with Gasteiger partial charge in [0.2, 0.25) is 0 Å². The van der Waals surface area contributed by atoms with Crippen molar-refractivity contribution in [2.24, 2.45) is 0 Å². The summed E-state index contributed by atoms with van der Waals surface area (Å²) in [6.07, 6.45) is 0.337. The monoisotopic (exact) mass is 304 g/mol. The molecular weight excluding hydrogens is 294 g/mol. The molecule has 0 radical (unpaired) electrons. The van der Waals surface area contributed by atoms with Crippen LogP contribution in [-0.2, 0) is 6.42 Å². The Kier molecular flexibility index (Phi) is 4.49. The van der Waals surface area contributed by atoms with E-state index in [2.05, 4.69) is 0 Å². The van der Waals surface area contributed by atoms with Gasteiger partial charge >= 0.3 is 0 Å². The number of alkyl halides is 1. The van der Waals surface area contributed by atoms with Crippen LogP contribution < -0.4 is 4.74 Å². The normalized spacial score (nSPS) is 12.4. The summed E-state index contributed by atoms with van der Waals surface area (Å²) in [5.41, 5.74) is 0.439. The van der Waals surface area contributed by atoms with Gasteiger partial charge in [-0.1, -0.05) is 17.7 Å². The zero-order chi connectivity index (χ0) is 13.1. The van der Waals surface area contributed by atoms with Gasteiger partial charge in [-0.3, -0.25) is 0 Å². The molecule has 1 heterocycles. The van der Waals surface area contributed by atoms with Crippen LogP contribution in [0.3, 0.4) is 0 Å². The highest BCUT2D eigenvalue weighted by Gasteiger charge is 2.19. The average molecular weight is 305 g/mol. The average Bonchev–Trinajstić information content (AvgIpc) is 2.82. The van der Waals surface area contributed by atoms with Crippen LogP contribution in [0.4, 0.5) is 4.39 Å². The molecule has 0 amide bonds. The summed E-state index contributed by atoms with van der Waals surface area (Å²) in [4.78, 5) is 0.887. The maximum absolute atomic E-state index is 13.7. The lowest BCUT2D eigenvalue weighted by Gasteiger charge is -2.11. The smallest absolute Gasteiger partial charge is 0.134 e. The van der Waals surface area contributed by atoms with E-state index in [4.69, 9.17) is 27.9 Å². The molecule has 1 atom stereocenters. The standard InChI is InChI=1S/C13H11Cl2FOS/c1-17-12-5-6-18-13(12)10(15)7-8-9(14)3-2-4-11(8)16/h2-6,10H,7H2,1H3. The fourth-order valence-electron chi connectivity index (χ4n) is 1.71. The van der Waals surface area contributed by atoms with Crippen molar-refractivity contribution >= 4 is 34.5 Å². The molecule has 18 heavy (non-hydrogen) atoms. The van der Waals surface area contributed by atoms with E-state index in [1.807, 2.05) is 11.4 Å². The lowest BCUT2D eigenvalue weighted by Crippen LogP contribution is -1.99. The molecule has 1 nitrogen and oxygen atoms in total. The third-order valence-electron chi connectivity index (χ3n) is 2.61. The molecule has 2 rings (SSSR count). The van der Waals surface area contributed by atoms with Crippen LogP contribution in [0.2, 0.25) is 5.02 Å². The first-order valence-corrected chi connectivity index (χ1v) is 7.01. The Morgan fingerprint density at radius 1 is 1.39 bits per heavy atom. The van der Waals surface area contributed by atoms with Crippen LogP contribution in [0, 0.1) is 5.82 Å². The Hall–Kier alpha value is -0.770. The Balaban J connectivity index is 2.24. The van der Waals surface area contributed by atoms with E-state index in [1.54, 1.807) is 19.2 Å². The van der Waals surface area contributed by atoms with Crippen molar-refractivity contribution in [2.45, 2.75) is 11.8 Å². The molecule has 1 aromatic carbocycles. The Morgan fingerprint density at radius 3 is 2.83 bits per heavy atom. The molecule has 0 saturated heterocycles. The summed E-state index contributed by atoms with van der Waals surface area (Å²) in [5, 5.41) is 1.94. The maximum atomic E-state index is 13.7. The minimum Gasteiger partial charge on any atom is -0.496 e. The van der Waals surface area contributed by atoms with E-state index < -0.39 is 0 Å². The molecule has 0 aliphatic carbocycles. The zero-order valence-corrected chi connectivity index (χ0v) is 11.9. The topological polar surface area (TPSA) is 9.23 Å². The van der Waals surface area contributed by atoms with Crippen molar-refractivity contribution in [3.05, 3.63) is 50.9 Å². The van der Waals surface area contributed by atoms with Gasteiger partial charge in [-0.25, -0.2) is 4.39 Å². The van der Waals surface area contributed by atoms with Crippen LogP contribution in [-0.4, -0.2) is 7.11 Å². The lowest BCUT2D eigenvalue weighted by molar-refractivity contribution is 0.411. The van der Waals surface area contributed by atoms with Gasteiger partial charge in [0.1, 0.15) is 11.6 Å². The minimum absolute atomic E-state index is 0.330. The number of halogens is 3. The van der Waals surface area contributed by atoms with Crippen molar-refractivity contribution in [1.29, 1.82) is 0 Å². The highest BCUT2D eigenvalue weighted by molar-refractivity contribution is 7.10. The Morgan fingerprint density at radius 2 is 2.17 bits per heavy atom. The van der Waals surface area contributed by atoms with Crippen molar-refractivity contribution in [2.75, 3.05) is 7.11 Å². The number of hydrogen-bond donors (Lipinski definition) is 0. The second-order valence-electron chi connectivity index (χ2n) is 3.73. The molecule has 0 N–H and O–H groups in total. The van der Waals surface area contributed by atoms with E-state index in [-0.39, 0.29) is 11.2 Å². The second-order valence-corrected chi connectivity index (χ2v) is 5.61. The molecular formula is C13H11Cl2FOS. The van der Waals surface area contributed by atoms with Gasteiger partial charge in [0.15, 0.2) is 0 Å². The first-order valence-electron chi connectivity index (χ1n) is 5.31. The van der Waals surface area contributed by atoms with Crippen LogP contribution in [0.15, 0.2) is 29.6 Å². The van der Waals surface area contributed by atoms with Crippen LogP contribution in [0.1, 0.15) is 15.8 Å². The lowest BCUT2D eigenvalue weighted by atomic mass is 10.1. The predicted molar refractivity (Wildman–Crippen MR) is 74.6 cm³/mol. The molecule has 5 heteroatoms. The van der Waals surface area contributed by atoms with Crippen molar-refractivity contribution in [1.82, 2.24) is 0 Å². The third kappa shape index (κ3) is 2.79. The number of benzene rings is 1. The molecule has 0 aliphatic heterocycles. The minimum atomic E-state index is -0.352. The number of rotatable bonds is 4. The van der Waals surface area contributed by atoms with Gasteiger partial charge in [-0.15, -0.1) is 22.9 Å². The Bertz CT molecular complexity index is 521. The first-order chi connectivity index (χ1) is 8.63. The molecule has 0 aliphatic rings. The third-order valence-corrected chi connectivity index (χ3v) is 4.47. The quantitative estimate of drug-likeness (QED) is 0.716. The summed E-state index contributed by atoms with van der Waals surface area (Å²) in [6, 6.07) is 6.47. The van der Waals surface area contributed by atoms with Gasteiger partial charge in [0.25, 0.3) is 0 Å². The van der Waals surface area contributed by atoms with Crippen molar-refractivity contribution in [3.8, 4) is 5.75 Å². The molecule has 2 aromatic rings. The molecule has 0 bridgehead atoms. The summed E-state index contributed by atoms with van der Waals surface area (Å²) < 4.78 is 18.9. The summed E-state index contributed by atoms with van der Waals surface area (Å²) in [7, 11) is 1.59. The molecule has 0 spiro atoms. The highest BCUT2D eigenvalue weighted by Crippen LogP contribution is 2.38. The molecule has 1 unspecified atom stereocenters. The Labute approximate surface area is 119 Å². The molecule has 0 saturated carbocycles. The number of methoxy groups -OCH3 is 1. The first kappa shape index (κ1) is 13.7. The molecule has 96 valence electrons. The van der Waals surface area contributed by atoms with Gasteiger partial charge < -0.3 is 4.74 Å². The number of thiophene rings is 1. The fraction of sp³-hybridized carbons (Fsp3) is 0.231. The summed E-state index contributed by atoms with van der Waals surface area (Å²) in [6.45, 7) is 0. The van der Waals surface area contributed by atoms with Crippen LogP contribution in [0.5, 0.6) is 5.75 Å². The number of ether oxygens (including phenoxy) is 1. The van der Waals surface area contributed by atoms with E-state index in [9.17, 15) is 4.39 Å². The van der Waals surface area contributed by atoms with E-state index in [0.29, 0.717) is 17.0 Å². The second kappa shape index (κ2) is 5.91. The highest BCUT2D eigenvalue weighted by atomic mass is 35.5.